The number of benzene rings is 1. The van der Waals surface area contributed by atoms with Crippen LogP contribution in [0.5, 0.6) is 0 Å². The molecule has 1 aliphatic heterocycles. The van der Waals surface area contributed by atoms with E-state index in [1.165, 1.54) is 0 Å². The van der Waals surface area contributed by atoms with Crippen LogP contribution in [0.3, 0.4) is 0 Å². The Labute approximate surface area is 113 Å². The quantitative estimate of drug-likeness (QED) is 0.627. The number of sulfone groups is 1. The van der Waals surface area contributed by atoms with Crippen LogP contribution in [0.15, 0.2) is 24.3 Å². The van der Waals surface area contributed by atoms with Crippen LogP contribution in [0.4, 0.5) is 0 Å². The van der Waals surface area contributed by atoms with Gasteiger partial charge in [-0.1, -0.05) is 24.3 Å². The van der Waals surface area contributed by atoms with Crippen molar-refractivity contribution < 1.29 is 8.42 Å². The zero-order valence-corrected chi connectivity index (χ0v) is 11.8. The second kappa shape index (κ2) is 5.30. The van der Waals surface area contributed by atoms with E-state index in [4.69, 9.17) is 11.1 Å². The van der Waals surface area contributed by atoms with Crippen LogP contribution in [-0.4, -0.2) is 43.2 Å². The second-order valence-corrected chi connectivity index (χ2v) is 7.27. The Morgan fingerprint density at radius 1 is 1.42 bits per heavy atom. The Morgan fingerprint density at radius 2 is 2.05 bits per heavy atom. The van der Waals surface area contributed by atoms with E-state index in [1.807, 2.05) is 31.2 Å². The fourth-order valence-electron chi connectivity index (χ4n) is 2.29. The van der Waals surface area contributed by atoms with Crippen LogP contribution < -0.4 is 5.73 Å². The van der Waals surface area contributed by atoms with Gasteiger partial charge in [0.25, 0.3) is 0 Å². The molecular weight excluding hydrogens is 262 g/mol. The molecule has 1 unspecified atom stereocenters. The van der Waals surface area contributed by atoms with Gasteiger partial charge in [0.2, 0.25) is 0 Å². The van der Waals surface area contributed by atoms with Crippen molar-refractivity contribution in [2.45, 2.75) is 19.5 Å². The third-order valence-corrected chi connectivity index (χ3v) is 5.25. The second-order valence-electron chi connectivity index (χ2n) is 5.04. The largest absolute Gasteiger partial charge is 0.384 e. The molecule has 1 fully saturated rings. The van der Waals surface area contributed by atoms with Gasteiger partial charge in [-0.2, -0.15) is 0 Å². The smallest absolute Gasteiger partial charge is 0.153 e. The molecule has 1 aromatic rings. The van der Waals surface area contributed by atoms with Crippen molar-refractivity contribution in [3.63, 3.8) is 0 Å². The maximum atomic E-state index is 11.5. The normalized spacial score (nSPS) is 23.1. The molecule has 0 spiro atoms. The highest BCUT2D eigenvalue weighted by atomic mass is 32.2. The van der Waals surface area contributed by atoms with Crippen LogP contribution in [0.25, 0.3) is 0 Å². The van der Waals surface area contributed by atoms with Gasteiger partial charge in [0, 0.05) is 24.7 Å². The van der Waals surface area contributed by atoms with Crippen molar-refractivity contribution in [3.8, 4) is 0 Å². The summed E-state index contributed by atoms with van der Waals surface area (Å²) in [6.07, 6.45) is 0. The summed E-state index contributed by atoms with van der Waals surface area (Å²) in [6, 6.07) is 7.57. The number of hydrogen-bond donors (Lipinski definition) is 2. The van der Waals surface area contributed by atoms with Gasteiger partial charge in [-0.15, -0.1) is 0 Å². The average molecular weight is 281 g/mol. The lowest BCUT2D eigenvalue weighted by atomic mass is 10.1. The standard InChI is InChI=1S/C13H19N3O2S/c1-10-9-19(17,18)7-6-16(10)8-11-2-4-12(5-3-11)13(14)15/h2-5,10H,6-9H2,1H3,(H3,14,15). The SMILES string of the molecule is CC1CS(=O)(=O)CCN1Cc1ccc(C(=N)N)cc1. The first-order valence-electron chi connectivity index (χ1n) is 6.25. The van der Waals surface area contributed by atoms with Crippen LogP contribution in [0.2, 0.25) is 0 Å². The maximum absolute atomic E-state index is 11.5. The number of nitrogens with two attached hydrogens (primary N) is 1. The molecule has 3 N–H and O–H groups in total. The van der Waals surface area contributed by atoms with Gasteiger partial charge in [0.1, 0.15) is 5.84 Å². The zero-order valence-electron chi connectivity index (χ0n) is 11.0. The van der Waals surface area contributed by atoms with E-state index in [1.54, 1.807) is 0 Å². The summed E-state index contributed by atoms with van der Waals surface area (Å²) in [4.78, 5) is 2.17. The highest BCUT2D eigenvalue weighted by Gasteiger charge is 2.27. The molecule has 0 amide bonds. The summed E-state index contributed by atoms with van der Waals surface area (Å²) >= 11 is 0. The predicted octanol–water partition coefficient (Wildman–Crippen LogP) is 0.590. The van der Waals surface area contributed by atoms with Crippen LogP contribution >= 0.6 is 0 Å². The van der Waals surface area contributed by atoms with Crippen molar-refractivity contribution in [3.05, 3.63) is 35.4 Å². The first-order chi connectivity index (χ1) is 8.87. The average Bonchev–Trinajstić information content (AvgIpc) is 2.33. The molecule has 1 atom stereocenters. The summed E-state index contributed by atoms with van der Waals surface area (Å²) in [5.41, 5.74) is 7.22. The fraction of sp³-hybridized carbons (Fsp3) is 0.462. The van der Waals surface area contributed by atoms with Gasteiger partial charge < -0.3 is 5.73 Å². The molecule has 0 bridgehead atoms. The van der Waals surface area contributed by atoms with Crippen LogP contribution in [-0.2, 0) is 16.4 Å². The van der Waals surface area contributed by atoms with Gasteiger partial charge >= 0.3 is 0 Å². The van der Waals surface area contributed by atoms with Gasteiger partial charge in [-0.25, -0.2) is 8.42 Å². The van der Waals surface area contributed by atoms with Crippen molar-refractivity contribution in [2.75, 3.05) is 18.1 Å². The molecule has 0 aromatic heterocycles. The highest BCUT2D eigenvalue weighted by Crippen LogP contribution is 2.15. The predicted molar refractivity (Wildman–Crippen MR) is 76.0 cm³/mol. The Hall–Kier alpha value is -1.40. The van der Waals surface area contributed by atoms with Crippen molar-refractivity contribution in [1.29, 1.82) is 5.41 Å². The van der Waals surface area contributed by atoms with E-state index in [0.717, 1.165) is 12.1 Å². The Balaban J connectivity index is 2.03. The maximum Gasteiger partial charge on any atom is 0.153 e. The van der Waals surface area contributed by atoms with Crippen molar-refractivity contribution >= 4 is 15.7 Å². The summed E-state index contributed by atoms with van der Waals surface area (Å²) in [5, 5.41) is 7.34. The topological polar surface area (TPSA) is 87.2 Å². The van der Waals surface area contributed by atoms with E-state index in [0.29, 0.717) is 12.1 Å². The number of nitrogen functional groups attached to an aromatic ring is 1. The van der Waals surface area contributed by atoms with Gasteiger partial charge in [0.05, 0.1) is 11.5 Å². The molecule has 0 aliphatic carbocycles. The minimum atomic E-state index is -2.86. The molecule has 5 nitrogen and oxygen atoms in total. The molecule has 0 radical (unpaired) electrons. The minimum Gasteiger partial charge on any atom is -0.384 e. The molecule has 1 heterocycles. The molecule has 1 aromatic carbocycles. The van der Waals surface area contributed by atoms with E-state index >= 15 is 0 Å². The van der Waals surface area contributed by atoms with E-state index < -0.39 is 9.84 Å². The monoisotopic (exact) mass is 281 g/mol. The third kappa shape index (κ3) is 3.54. The van der Waals surface area contributed by atoms with E-state index in [2.05, 4.69) is 4.90 Å². The molecule has 104 valence electrons. The number of nitrogens with zero attached hydrogens (tertiary/aromatic N) is 1. The first-order valence-corrected chi connectivity index (χ1v) is 8.07. The number of rotatable bonds is 3. The summed E-state index contributed by atoms with van der Waals surface area (Å²) < 4.78 is 23.0. The first kappa shape index (κ1) is 14.0. The lowest BCUT2D eigenvalue weighted by molar-refractivity contribution is 0.218. The van der Waals surface area contributed by atoms with Crippen LogP contribution in [0.1, 0.15) is 18.1 Å². The zero-order chi connectivity index (χ0) is 14.0. The molecule has 19 heavy (non-hydrogen) atoms. The van der Waals surface area contributed by atoms with E-state index in [-0.39, 0.29) is 23.4 Å². The Kier molecular flexibility index (Phi) is 3.91. The molecule has 2 rings (SSSR count). The summed E-state index contributed by atoms with van der Waals surface area (Å²) in [6.45, 7) is 3.26. The third-order valence-electron chi connectivity index (χ3n) is 3.46. The number of nitrogens with one attached hydrogen (secondary N) is 1. The van der Waals surface area contributed by atoms with Gasteiger partial charge in [-0.05, 0) is 12.5 Å². The highest BCUT2D eigenvalue weighted by molar-refractivity contribution is 7.91. The van der Waals surface area contributed by atoms with Gasteiger partial charge in [0.15, 0.2) is 9.84 Å². The molecule has 0 saturated carbocycles. The molecule has 1 aliphatic rings. The molecular formula is C13H19N3O2S. The van der Waals surface area contributed by atoms with Crippen molar-refractivity contribution in [2.24, 2.45) is 5.73 Å². The lowest BCUT2D eigenvalue weighted by Crippen LogP contribution is -2.46. The fourth-order valence-corrected chi connectivity index (χ4v) is 3.92. The molecule has 1 saturated heterocycles. The Bertz CT molecular complexity index is 566. The summed E-state index contributed by atoms with van der Waals surface area (Å²) in [5.74, 6) is 0.533. The lowest BCUT2D eigenvalue weighted by Gasteiger charge is -2.33. The van der Waals surface area contributed by atoms with Crippen LogP contribution in [0, 0.1) is 5.41 Å². The summed E-state index contributed by atoms with van der Waals surface area (Å²) in [7, 11) is -2.86. The van der Waals surface area contributed by atoms with Crippen molar-refractivity contribution in [1.82, 2.24) is 4.90 Å². The van der Waals surface area contributed by atoms with Gasteiger partial charge in [-0.3, -0.25) is 10.3 Å². The number of amidine groups is 1. The number of hydrogen-bond acceptors (Lipinski definition) is 4. The Morgan fingerprint density at radius 3 is 2.58 bits per heavy atom. The minimum absolute atomic E-state index is 0.0474. The molecule has 6 heteroatoms. The van der Waals surface area contributed by atoms with E-state index in [9.17, 15) is 8.42 Å².